The summed E-state index contributed by atoms with van der Waals surface area (Å²) in [5.41, 5.74) is 1.33. The normalized spacial score (nSPS) is 29.5. The van der Waals surface area contributed by atoms with Crippen LogP contribution in [0.5, 0.6) is 0 Å². The van der Waals surface area contributed by atoms with E-state index < -0.39 is 9.84 Å². The molecule has 1 aromatic rings. The summed E-state index contributed by atoms with van der Waals surface area (Å²) < 4.78 is 23.3. The SMILES string of the molecule is O=C(C1CCS(=O)(=O)CC1)N1C[C@@H]2CC[C@H](C1)N(Cc1ccccc1)C2. The van der Waals surface area contributed by atoms with Crippen LogP contribution < -0.4 is 0 Å². The van der Waals surface area contributed by atoms with E-state index in [1.54, 1.807) is 0 Å². The highest BCUT2D eigenvalue weighted by Crippen LogP contribution is 2.31. The van der Waals surface area contributed by atoms with Crippen molar-refractivity contribution in [1.29, 1.82) is 0 Å². The smallest absolute Gasteiger partial charge is 0.225 e. The van der Waals surface area contributed by atoms with Crippen LogP contribution >= 0.6 is 0 Å². The number of nitrogens with zero attached hydrogens (tertiary/aromatic N) is 2. The molecular weight excluding hydrogens is 348 g/mol. The summed E-state index contributed by atoms with van der Waals surface area (Å²) in [6, 6.07) is 11.0. The van der Waals surface area contributed by atoms with Gasteiger partial charge in [0.1, 0.15) is 9.84 Å². The number of hydrogen-bond donors (Lipinski definition) is 0. The highest BCUT2D eigenvalue weighted by Gasteiger charge is 2.39. The van der Waals surface area contributed by atoms with Crippen LogP contribution in [0.3, 0.4) is 0 Å². The molecule has 26 heavy (non-hydrogen) atoms. The van der Waals surface area contributed by atoms with Gasteiger partial charge in [-0.15, -0.1) is 0 Å². The number of hydrogen-bond acceptors (Lipinski definition) is 4. The van der Waals surface area contributed by atoms with Gasteiger partial charge in [-0.25, -0.2) is 8.42 Å². The van der Waals surface area contributed by atoms with E-state index in [0.29, 0.717) is 24.8 Å². The molecule has 5 nitrogen and oxygen atoms in total. The fourth-order valence-corrected chi connectivity index (χ4v) is 6.26. The molecule has 0 aromatic heterocycles. The lowest BCUT2D eigenvalue weighted by atomic mass is 9.94. The summed E-state index contributed by atoms with van der Waals surface area (Å²) in [5.74, 6) is 0.972. The predicted octanol–water partition coefficient (Wildman–Crippen LogP) is 1.93. The van der Waals surface area contributed by atoms with Crippen molar-refractivity contribution in [3.63, 3.8) is 0 Å². The van der Waals surface area contributed by atoms with Crippen LogP contribution in [0.2, 0.25) is 0 Å². The van der Waals surface area contributed by atoms with Crippen LogP contribution in [0, 0.1) is 11.8 Å². The van der Waals surface area contributed by atoms with Crippen LogP contribution in [0.25, 0.3) is 0 Å². The molecule has 1 amide bonds. The Hall–Kier alpha value is -1.40. The lowest BCUT2D eigenvalue weighted by Gasteiger charge is -2.36. The summed E-state index contributed by atoms with van der Waals surface area (Å²) in [6.45, 7) is 3.64. The van der Waals surface area contributed by atoms with E-state index in [-0.39, 0.29) is 23.3 Å². The largest absolute Gasteiger partial charge is 0.341 e. The lowest BCUT2D eigenvalue weighted by molar-refractivity contribution is -0.136. The minimum atomic E-state index is -2.92. The topological polar surface area (TPSA) is 57.7 Å². The first-order valence-corrected chi connectivity index (χ1v) is 11.6. The predicted molar refractivity (Wildman–Crippen MR) is 101 cm³/mol. The zero-order valence-electron chi connectivity index (χ0n) is 15.2. The highest BCUT2D eigenvalue weighted by molar-refractivity contribution is 7.91. The third-order valence-corrected chi connectivity index (χ3v) is 7.99. The number of rotatable bonds is 3. The second-order valence-corrected chi connectivity index (χ2v) is 10.5. The summed E-state index contributed by atoms with van der Waals surface area (Å²) in [4.78, 5) is 17.6. The number of piperidine rings is 1. The molecule has 0 radical (unpaired) electrons. The van der Waals surface area contributed by atoms with Crippen molar-refractivity contribution >= 4 is 15.7 Å². The zero-order chi connectivity index (χ0) is 18.1. The maximum absolute atomic E-state index is 13.0. The number of amides is 1. The molecule has 142 valence electrons. The molecule has 6 heteroatoms. The van der Waals surface area contributed by atoms with Crippen LogP contribution in [0.4, 0.5) is 0 Å². The van der Waals surface area contributed by atoms with E-state index in [0.717, 1.165) is 32.6 Å². The van der Waals surface area contributed by atoms with Crippen LogP contribution in [-0.4, -0.2) is 61.3 Å². The van der Waals surface area contributed by atoms with E-state index in [2.05, 4.69) is 34.1 Å². The van der Waals surface area contributed by atoms with E-state index in [9.17, 15) is 13.2 Å². The van der Waals surface area contributed by atoms with Gasteiger partial charge in [0, 0.05) is 38.1 Å². The first-order valence-electron chi connectivity index (χ1n) is 9.77. The van der Waals surface area contributed by atoms with Crippen molar-refractivity contribution < 1.29 is 13.2 Å². The molecule has 0 unspecified atom stereocenters. The first kappa shape index (κ1) is 18.0. The third-order valence-electron chi connectivity index (χ3n) is 6.27. The third kappa shape index (κ3) is 3.96. The Bertz CT molecular complexity index is 736. The molecule has 2 bridgehead atoms. The minimum Gasteiger partial charge on any atom is -0.341 e. The van der Waals surface area contributed by atoms with Crippen molar-refractivity contribution in [3.8, 4) is 0 Å². The van der Waals surface area contributed by atoms with Gasteiger partial charge in [-0.05, 0) is 37.2 Å². The van der Waals surface area contributed by atoms with E-state index in [1.165, 1.54) is 12.0 Å². The van der Waals surface area contributed by atoms with Gasteiger partial charge in [0.2, 0.25) is 5.91 Å². The Labute approximate surface area is 156 Å². The standard InChI is InChI=1S/C20H28N2O3S/c23-20(18-8-10-26(24,25)11-9-18)22-14-17-6-7-19(15-22)21(13-17)12-16-4-2-1-3-5-16/h1-5,17-19H,6-15H2/t17-,19-/m1/s1. The Kier molecular flexibility index (Phi) is 5.06. The van der Waals surface area contributed by atoms with Gasteiger partial charge >= 0.3 is 0 Å². The molecule has 0 N–H and O–H groups in total. The molecule has 4 aliphatic heterocycles. The average Bonchev–Trinajstić information content (AvgIpc) is 2.94. The number of benzene rings is 1. The summed E-state index contributed by atoms with van der Waals surface area (Å²) in [7, 11) is -2.92. The van der Waals surface area contributed by atoms with Crippen molar-refractivity contribution in [2.24, 2.45) is 11.8 Å². The van der Waals surface area contributed by atoms with Gasteiger partial charge in [-0.3, -0.25) is 9.69 Å². The second kappa shape index (κ2) is 7.31. The number of carbonyl (C=O) groups is 1. The van der Waals surface area contributed by atoms with E-state index >= 15 is 0 Å². The van der Waals surface area contributed by atoms with Crippen molar-refractivity contribution in [1.82, 2.24) is 9.80 Å². The molecule has 4 saturated heterocycles. The van der Waals surface area contributed by atoms with Crippen molar-refractivity contribution in [2.45, 2.75) is 38.3 Å². The maximum Gasteiger partial charge on any atom is 0.225 e. The fourth-order valence-electron chi connectivity index (χ4n) is 4.77. The number of fused-ring (bicyclic) bond motifs is 4. The lowest BCUT2D eigenvalue weighted by Crippen LogP contribution is -2.45. The van der Waals surface area contributed by atoms with Gasteiger partial charge in [0.15, 0.2) is 0 Å². The Morgan fingerprint density at radius 1 is 0.962 bits per heavy atom. The first-order chi connectivity index (χ1) is 12.5. The molecular formula is C20H28N2O3S. The van der Waals surface area contributed by atoms with Crippen molar-refractivity contribution in [3.05, 3.63) is 35.9 Å². The number of sulfone groups is 1. The molecule has 1 aromatic carbocycles. The van der Waals surface area contributed by atoms with Gasteiger partial charge < -0.3 is 4.90 Å². The summed E-state index contributed by atoms with van der Waals surface area (Å²) >= 11 is 0. The molecule has 0 saturated carbocycles. The fraction of sp³-hybridized carbons (Fsp3) is 0.650. The maximum atomic E-state index is 13.0. The molecule has 0 aliphatic carbocycles. The zero-order valence-corrected chi connectivity index (χ0v) is 16.0. The van der Waals surface area contributed by atoms with Gasteiger partial charge in [0.25, 0.3) is 0 Å². The van der Waals surface area contributed by atoms with E-state index in [1.807, 2.05) is 6.07 Å². The Morgan fingerprint density at radius 3 is 2.42 bits per heavy atom. The van der Waals surface area contributed by atoms with Crippen LogP contribution in [-0.2, 0) is 21.2 Å². The van der Waals surface area contributed by atoms with Crippen LogP contribution in [0.1, 0.15) is 31.2 Å². The molecule has 2 atom stereocenters. The average molecular weight is 377 g/mol. The highest BCUT2D eigenvalue weighted by atomic mass is 32.2. The van der Waals surface area contributed by atoms with Gasteiger partial charge in [-0.2, -0.15) is 0 Å². The second-order valence-electron chi connectivity index (χ2n) is 8.18. The van der Waals surface area contributed by atoms with Crippen molar-refractivity contribution in [2.75, 3.05) is 31.1 Å². The monoisotopic (exact) mass is 376 g/mol. The Morgan fingerprint density at radius 2 is 1.69 bits per heavy atom. The summed E-state index contributed by atoms with van der Waals surface area (Å²) in [5, 5.41) is 0. The van der Waals surface area contributed by atoms with E-state index in [4.69, 9.17) is 0 Å². The molecule has 0 spiro atoms. The quantitative estimate of drug-likeness (QED) is 0.809. The Balaban J connectivity index is 1.42. The van der Waals surface area contributed by atoms with Gasteiger partial charge in [-0.1, -0.05) is 30.3 Å². The molecule has 4 aliphatic rings. The van der Waals surface area contributed by atoms with Crippen LogP contribution in [0.15, 0.2) is 30.3 Å². The summed E-state index contributed by atoms with van der Waals surface area (Å²) in [6.07, 6.45) is 3.35. The number of carbonyl (C=O) groups excluding carboxylic acids is 1. The van der Waals surface area contributed by atoms with Gasteiger partial charge in [0.05, 0.1) is 11.5 Å². The molecule has 4 fully saturated rings. The minimum absolute atomic E-state index is 0.0985. The molecule has 5 rings (SSSR count). The molecule has 4 heterocycles.